The highest BCUT2D eigenvalue weighted by Gasteiger charge is 2.23. The van der Waals surface area contributed by atoms with Gasteiger partial charge in [0.15, 0.2) is 0 Å². The Labute approximate surface area is 165 Å². The molecule has 2 aromatic carbocycles. The third-order valence-electron chi connectivity index (χ3n) is 5.21. The second kappa shape index (κ2) is 8.87. The zero-order valence-corrected chi connectivity index (χ0v) is 16.5. The molecule has 1 saturated heterocycles. The van der Waals surface area contributed by atoms with Crippen LogP contribution in [0, 0.1) is 10.1 Å². The number of hydrogen-bond acceptors (Lipinski definition) is 4. The van der Waals surface area contributed by atoms with Gasteiger partial charge in [0.1, 0.15) is 5.69 Å². The molecule has 1 amide bonds. The maximum atomic E-state index is 12.8. The molecule has 148 valence electrons. The maximum absolute atomic E-state index is 12.8. The molecular formula is C22H27N3O3. The second-order valence-electron chi connectivity index (χ2n) is 7.56. The van der Waals surface area contributed by atoms with Gasteiger partial charge in [-0.15, -0.1) is 0 Å². The van der Waals surface area contributed by atoms with Crippen molar-refractivity contribution < 1.29 is 9.72 Å². The zero-order valence-electron chi connectivity index (χ0n) is 16.5. The van der Waals surface area contributed by atoms with Crippen molar-refractivity contribution in [2.75, 3.05) is 23.3 Å². The Balaban J connectivity index is 1.87. The van der Waals surface area contributed by atoms with E-state index >= 15 is 0 Å². The molecule has 1 aliphatic rings. The Kier molecular flexibility index (Phi) is 6.29. The van der Waals surface area contributed by atoms with Crippen LogP contribution in [-0.4, -0.2) is 23.9 Å². The van der Waals surface area contributed by atoms with E-state index in [1.807, 2.05) is 24.3 Å². The van der Waals surface area contributed by atoms with Gasteiger partial charge in [0.25, 0.3) is 11.6 Å². The lowest BCUT2D eigenvalue weighted by Gasteiger charge is -2.22. The summed E-state index contributed by atoms with van der Waals surface area (Å²) in [6, 6.07) is 12.4. The fourth-order valence-corrected chi connectivity index (χ4v) is 3.70. The minimum absolute atomic E-state index is 0.00769. The molecule has 28 heavy (non-hydrogen) atoms. The van der Waals surface area contributed by atoms with Crippen LogP contribution >= 0.6 is 0 Å². The number of nitrogens with one attached hydrogen (secondary N) is 1. The van der Waals surface area contributed by atoms with Crippen molar-refractivity contribution in [3.63, 3.8) is 0 Å². The Morgan fingerprint density at radius 2 is 1.75 bits per heavy atom. The number of rotatable bonds is 5. The minimum atomic E-state index is -0.390. The third kappa shape index (κ3) is 4.50. The lowest BCUT2D eigenvalue weighted by atomic mass is 10.0. The number of nitro groups is 1. The van der Waals surface area contributed by atoms with Crippen molar-refractivity contribution in [3.8, 4) is 0 Å². The zero-order chi connectivity index (χ0) is 20.1. The number of carbonyl (C=O) groups excluding carboxylic acids is 1. The first-order chi connectivity index (χ1) is 13.5. The Morgan fingerprint density at radius 1 is 1.07 bits per heavy atom. The summed E-state index contributed by atoms with van der Waals surface area (Å²) in [5.41, 5.74) is 2.66. The molecule has 0 aromatic heterocycles. The molecule has 6 nitrogen and oxygen atoms in total. The van der Waals surface area contributed by atoms with E-state index in [2.05, 4.69) is 24.1 Å². The Morgan fingerprint density at radius 3 is 2.39 bits per heavy atom. The van der Waals surface area contributed by atoms with Crippen LogP contribution in [0.1, 0.15) is 61.4 Å². The van der Waals surface area contributed by atoms with Crippen molar-refractivity contribution in [1.29, 1.82) is 0 Å². The SMILES string of the molecule is CC(C)c1ccccc1NC(=O)c1ccc(N2CCCCCC2)c([N+](=O)[O-])c1. The van der Waals surface area contributed by atoms with E-state index < -0.39 is 0 Å². The Bertz CT molecular complexity index is 856. The molecule has 0 saturated carbocycles. The molecule has 0 bridgehead atoms. The fourth-order valence-electron chi connectivity index (χ4n) is 3.70. The molecule has 3 rings (SSSR count). The average Bonchev–Trinajstić information content (AvgIpc) is 2.97. The van der Waals surface area contributed by atoms with E-state index in [9.17, 15) is 14.9 Å². The lowest BCUT2D eigenvalue weighted by molar-refractivity contribution is -0.384. The number of carbonyl (C=O) groups is 1. The lowest BCUT2D eigenvalue weighted by Crippen LogP contribution is -2.25. The molecule has 1 fully saturated rings. The van der Waals surface area contributed by atoms with Crippen LogP contribution in [0.2, 0.25) is 0 Å². The maximum Gasteiger partial charge on any atom is 0.293 e. The summed E-state index contributed by atoms with van der Waals surface area (Å²) >= 11 is 0. The predicted molar refractivity (Wildman–Crippen MR) is 112 cm³/mol. The van der Waals surface area contributed by atoms with Gasteiger partial charge in [-0.3, -0.25) is 14.9 Å². The third-order valence-corrected chi connectivity index (χ3v) is 5.21. The number of nitro benzene ring substituents is 1. The molecule has 0 unspecified atom stereocenters. The standard InChI is InChI=1S/C22H27N3O3/c1-16(2)18-9-5-6-10-19(18)23-22(26)17-11-12-20(21(15-17)25(27)28)24-13-7-3-4-8-14-24/h5-6,9-12,15-16H,3-4,7-8,13-14H2,1-2H3,(H,23,26). The number of anilines is 2. The van der Waals surface area contributed by atoms with Gasteiger partial charge in [0.05, 0.1) is 4.92 Å². The first-order valence-electron chi connectivity index (χ1n) is 9.91. The van der Waals surface area contributed by atoms with Crippen molar-refractivity contribution in [2.24, 2.45) is 0 Å². The molecule has 0 atom stereocenters. The largest absolute Gasteiger partial charge is 0.366 e. The van der Waals surface area contributed by atoms with Gasteiger partial charge in [-0.25, -0.2) is 0 Å². The van der Waals surface area contributed by atoms with E-state index in [0.717, 1.165) is 50.0 Å². The van der Waals surface area contributed by atoms with Gasteiger partial charge in [-0.2, -0.15) is 0 Å². The van der Waals surface area contributed by atoms with Gasteiger partial charge in [0, 0.05) is 30.4 Å². The molecule has 2 aromatic rings. The predicted octanol–water partition coefficient (Wildman–Crippen LogP) is 5.35. The molecule has 1 heterocycles. The van der Waals surface area contributed by atoms with E-state index in [1.165, 1.54) is 6.07 Å². The van der Waals surface area contributed by atoms with Crippen LogP contribution in [0.4, 0.5) is 17.1 Å². The highest BCUT2D eigenvalue weighted by molar-refractivity contribution is 6.05. The fraction of sp³-hybridized carbons (Fsp3) is 0.409. The molecular weight excluding hydrogens is 354 g/mol. The van der Waals surface area contributed by atoms with E-state index in [1.54, 1.807) is 12.1 Å². The van der Waals surface area contributed by atoms with Crippen molar-refractivity contribution in [1.82, 2.24) is 0 Å². The summed E-state index contributed by atoms with van der Waals surface area (Å²) in [6.07, 6.45) is 4.37. The molecule has 0 spiro atoms. The topological polar surface area (TPSA) is 75.5 Å². The van der Waals surface area contributed by atoms with Crippen molar-refractivity contribution in [2.45, 2.75) is 45.4 Å². The number of hydrogen-bond donors (Lipinski definition) is 1. The first kappa shape index (κ1) is 19.9. The number of para-hydroxylation sites is 1. The summed E-state index contributed by atoms with van der Waals surface area (Å²) in [7, 11) is 0. The highest BCUT2D eigenvalue weighted by atomic mass is 16.6. The van der Waals surface area contributed by atoms with Crippen molar-refractivity contribution >= 4 is 23.0 Å². The second-order valence-corrected chi connectivity index (χ2v) is 7.56. The smallest absolute Gasteiger partial charge is 0.293 e. The number of amides is 1. The molecule has 0 radical (unpaired) electrons. The highest BCUT2D eigenvalue weighted by Crippen LogP contribution is 2.32. The summed E-state index contributed by atoms with van der Waals surface area (Å²) < 4.78 is 0. The number of nitrogens with zero attached hydrogens (tertiary/aromatic N) is 2. The van der Waals surface area contributed by atoms with Gasteiger partial charge in [-0.1, -0.05) is 44.9 Å². The van der Waals surface area contributed by atoms with E-state index in [4.69, 9.17) is 0 Å². The number of benzene rings is 2. The normalized spacial score (nSPS) is 14.6. The molecule has 0 aliphatic carbocycles. The van der Waals surface area contributed by atoms with Gasteiger partial charge in [0.2, 0.25) is 0 Å². The summed E-state index contributed by atoms with van der Waals surface area (Å²) in [5.74, 6) is -0.0742. The van der Waals surface area contributed by atoms with Crippen LogP contribution in [0.15, 0.2) is 42.5 Å². The van der Waals surface area contributed by atoms with Crippen LogP contribution in [0.5, 0.6) is 0 Å². The van der Waals surface area contributed by atoms with Crippen LogP contribution < -0.4 is 10.2 Å². The summed E-state index contributed by atoms with van der Waals surface area (Å²) in [5, 5.41) is 14.6. The quantitative estimate of drug-likeness (QED) is 0.559. The molecule has 1 aliphatic heterocycles. The van der Waals surface area contributed by atoms with Gasteiger partial charge in [-0.05, 0) is 42.5 Å². The van der Waals surface area contributed by atoms with Crippen LogP contribution in [0.25, 0.3) is 0 Å². The Hall–Kier alpha value is -2.89. The average molecular weight is 381 g/mol. The van der Waals surface area contributed by atoms with Crippen LogP contribution in [0.3, 0.4) is 0 Å². The first-order valence-corrected chi connectivity index (χ1v) is 9.91. The monoisotopic (exact) mass is 381 g/mol. The van der Waals surface area contributed by atoms with E-state index in [0.29, 0.717) is 11.3 Å². The molecule has 6 heteroatoms. The summed E-state index contributed by atoms with van der Waals surface area (Å²) in [4.78, 5) is 26.1. The van der Waals surface area contributed by atoms with Crippen LogP contribution in [-0.2, 0) is 0 Å². The van der Waals surface area contributed by atoms with Gasteiger partial charge >= 0.3 is 0 Å². The molecule has 1 N–H and O–H groups in total. The van der Waals surface area contributed by atoms with Gasteiger partial charge < -0.3 is 10.2 Å². The van der Waals surface area contributed by atoms with Crippen molar-refractivity contribution in [3.05, 3.63) is 63.7 Å². The van der Waals surface area contributed by atoms with E-state index in [-0.39, 0.29) is 22.4 Å². The minimum Gasteiger partial charge on any atom is -0.366 e. The summed E-state index contributed by atoms with van der Waals surface area (Å²) in [6.45, 7) is 5.75.